The number of fused-ring (bicyclic) bond motifs is 3. The van der Waals surface area contributed by atoms with Crippen LogP contribution in [0.1, 0.15) is 44.2 Å². The second kappa shape index (κ2) is 6.23. The average Bonchev–Trinajstić information content (AvgIpc) is 2.88. The van der Waals surface area contributed by atoms with E-state index in [1.807, 2.05) is 0 Å². The lowest BCUT2D eigenvalue weighted by atomic mass is 9.85. The van der Waals surface area contributed by atoms with Crippen LogP contribution in [-0.4, -0.2) is 28.6 Å². The molecule has 2 nitrogen and oxygen atoms in total. The third kappa shape index (κ3) is 2.74. The molecule has 3 rings (SSSR count). The highest BCUT2D eigenvalue weighted by Crippen LogP contribution is 2.31. The lowest BCUT2D eigenvalue weighted by molar-refractivity contribution is 0.180. The molecule has 0 aliphatic heterocycles. The summed E-state index contributed by atoms with van der Waals surface area (Å²) in [7, 11) is 2.15. The van der Waals surface area contributed by atoms with Gasteiger partial charge in [-0.05, 0) is 68.5 Å². The average molecular weight is 284 g/mol. The van der Waals surface area contributed by atoms with Crippen molar-refractivity contribution >= 4 is 10.9 Å². The summed E-state index contributed by atoms with van der Waals surface area (Å²) in [6, 6.07) is 7.70. The predicted molar refractivity (Wildman–Crippen MR) is 90.9 cm³/mol. The van der Waals surface area contributed by atoms with E-state index >= 15 is 0 Å². The molecule has 114 valence electrons. The summed E-state index contributed by atoms with van der Waals surface area (Å²) < 4.78 is 2.25. The molecule has 0 spiro atoms. The SMILES string of the molecule is CCCN(CCC)[C@@H]1CCc2ccc3c(ccn3C)c2C1. The monoisotopic (exact) mass is 284 g/mol. The zero-order chi connectivity index (χ0) is 14.8. The topological polar surface area (TPSA) is 8.17 Å². The summed E-state index contributed by atoms with van der Waals surface area (Å²) in [5.41, 5.74) is 4.58. The van der Waals surface area contributed by atoms with E-state index in [0.29, 0.717) is 0 Å². The van der Waals surface area contributed by atoms with E-state index in [-0.39, 0.29) is 0 Å². The van der Waals surface area contributed by atoms with Crippen LogP contribution >= 0.6 is 0 Å². The Morgan fingerprint density at radius 1 is 1.14 bits per heavy atom. The van der Waals surface area contributed by atoms with Gasteiger partial charge in [0.05, 0.1) is 0 Å². The Kier molecular flexibility index (Phi) is 4.34. The highest BCUT2D eigenvalue weighted by Gasteiger charge is 2.25. The maximum atomic E-state index is 2.73. The van der Waals surface area contributed by atoms with Gasteiger partial charge in [0.25, 0.3) is 0 Å². The quantitative estimate of drug-likeness (QED) is 0.800. The summed E-state index contributed by atoms with van der Waals surface area (Å²) in [5.74, 6) is 0. The van der Waals surface area contributed by atoms with Gasteiger partial charge in [0, 0.05) is 30.2 Å². The first-order valence-electron chi connectivity index (χ1n) is 8.54. The van der Waals surface area contributed by atoms with Crippen LogP contribution in [0.25, 0.3) is 10.9 Å². The maximum Gasteiger partial charge on any atom is 0.0480 e. The number of aryl methyl sites for hydroxylation is 2. The molecule has 2 heteroatoms. The van der Waals surface area contributed by atoms with Crippen LogP contribution in [0.4, 0.5) is 0 Å². The van der Waals surface area contributed by atoms with Gasteiger partial charge in [-0.15, -0.1) is 0 Å². The molecule has 0 N–H and O–H groups in total. The van der Waals surface area contributed by atoms with Crippen molar-refractivity contribution in [3.8, 4) is 0 Å². The summed E-state index contributed by atoms with van der Waals surface area (Å²) in [6.07, 6.45) is 8.53. The Labute approximate surface area is 128 Å². The summed E-state index contributed by atoms with van der Waals surface area (Å²) in [6.45, 7) is 7.10. The standard InChI is InChI=1S/C19H28N2/c1-4-11-21(12-5-2)16-8-6-15-7-9-19-17(18(15)14-16)10-13-20(19)3/h7,9-10,13,16H,4-6,8,11-12,14H2,1-3H3/t16-/m1/s1. The molecule has 21 heavy (non-hydrogen) atoms. The Morgan fingerprint density at radius 3 is 2.62 bits per heavy atom. The van der Waals surface area contributed by atoms with Crippen molar-refractivity contribution in [3.63, 3.8) is 0 Å². The van der Waals surface area contributed by atoms with Crippen molar-refractivity contribution in [2.75, 3.05) is 13.1 Å². The predicted octanol–water partition coefficient (Wildman–Crippen LogP) is 4.16. The zero-order valence-corrected chi connectivity index (χ0v) is 13.7. The van der Waals surface area contributed by atoms with Gasteiger partial charge in [-0.2, -0.15) is 0 Å². The van der Waals surface area contributed by atoms with Crippen molar-refractivity contribution in [1.82, 2.24) is 9.47 Å². The van der Waals surface area contributed by atoms with Gasteiger partial charge in [0.2, 0.25) is 0 Å². The molecule has 0 amide bonds. The zero-order valence-electron chi connectivity index (χ0n) is 13.7. The van der Waals surface area contributed by atoms with Crippen molar-refractivity contribution in [3.05, 3.63) is 35.5 Å². The fourth-order valence-corrected chi connectivity index (χ4v) is 3.96. The third-order valence-corrected chi connectivity index (χ3v) is 5.00. The van der Waals surface area contributed by atoms with Gasteiger partial charge in [-0.25, -0.2) is 0 Å². The highest BCUT2D eigenvalue weighted by atomic mass is 15.1. The van der Waals surface area contributed by atoms with Gasteiger partial charge in [0.1, 0.15) is 0 Å². The minimum atomic E-state index is 0.739. The summed E-state index contributed by atoms with van der Waals surface area (Å²) >= 11 is 0. The van der Waals surface area contributed by atoms with E-state index in [0.717, 1.165) is 6.04 Å². The van der Waals surface area contributed by atoms with E-state index in [1.165, 1.54) is 56.1 Å². The van der Waals surface area contributed by atoms with Gasteiger partial charge in [-0.1, -0.05) is 19.9 Å². The Balaban J connectivity index is 1.91. The van der Waals surface area contributed by atoms with Gasteiger partial charge < -0.3 is 9.47 Å². The fraction of sp³-hybridized carbons (Fsp3) is 0.579. The van der Waals surface area contributed by atoms with Crippen LogP contribution in [-0.2, 0) is 19.9 Å². The van der Waals surface area contributed by atoms with Crippen molar-refractivity contribution in [1.29, 1.82) is 0 Å². The van der Waals surface area contributed by atoms with Crippen LogP contribution in [0, 0.1) is 0 Å². The Hall–Kier alpha value is -1.28. The number of hydrogen-bond donors (Lipinski definition) is 0. The molecule has 0 radical (unpaired) electrons. The molecule has 0 unspecified atom stereocenters. The van der Waals surface area contributed by atoms with Crippen molar-refractivity contribution < 1.29 is 0 Å². The van der Waals surface area contributed by atoms with Gasteiger partial charge >= 0.3 is 0 Å². The lowest BCUT2D eigenvalue weighted by Gasteiger charge is -2.35. The normalized spacial score (nSPS) is 18.4. The molecule has 1 aliphatic carbocycles. The molecular weight excluding hydrogens is 256 g/mol. The second-order valence-electron chi connectivity index (χ2n) is 6.50. The molecule has 0 saturated heterocycles. The summed E-state index contributed by atoms with van der Waals surface area (Å²) in [5, 5.41) is 1.48. The van der Waals surface area contributed by atoms with Crippen LogP contribution < -0.4 is 0 Å². The van der Waals surface area contributed by atoms with E-state index in [1.54, 1.807) is 11.1 Å². The Bertz CT molecular complexity index is 605. The first kappa shape index (κ1) is 14.6. The number of benzene rings is 1. The smallest absolute Gasteiger partial charge is 0.0480 e. The minimum Gasteiger partial charge on any atom is -0.351 e. The lowest BCUT2D eigenvalue weighted by Crippen LogP contribution is -2.40. The Morgan fingerprint density at radius 2 is 1.90 bits per heavy atom. The first-order valence-corrected chi connectivity index (χ1v) is 8.54. The van der Waals surface area contributed by atoms with Gasteiger partial charge in [0.15, 0.2) is 0 Å². The first-order chi connectivity index (χ1) is 10.2. The fourth-order valence-electron chi connectivity index (χ4n) is 3.96. The van der Waals surface area contributed by atoms with Crippen molar-refractivity contribution in [2.24, 2.45) is 7.05 Å². The second-order valence-corrected chi connectivity index (χ2v) is 6.50. The van der Waals surface area contributed by atoms with Crippen LogP contribution in [0.15, 0.2) is 24.4 Å². The van der Waals surface area contributed by atoms with Crippen LogP contribution in [0.5, 0.6) is 0 Å². The molecular formula is C19H28N2. The minimum absolute atomic E-state index is 0.739. The molecule has 1 heterocycles. The molecule has 0 saturated carbocycles. The molecule has 0 fully saturated rings. The van der Waals surface area contributed by atoms with E-state index in [2.05, 4.69) is 54.8 Å². The molecule has 2 aromatic rings. The third-order valence-electron chi connectivity index (χ3n) is 5.00. The molecule has 1 aromatic heterocycles. The van der Waals surface area contributed by atoms with Crippen LogP contribution in [0.2, 0.25) is 0 Å². The maximum absolute atomic E-state index is 2.73. The highest BCUT2D eigenvalue weighted by molar-refractivity contribution is 5.85. The molecule has 1 aromatic carbocycles. The number of rotatable bonds is 5. The van der Waals surface area contributed by atoms with E-state index in [9.17, 15) is 0 Å². The summed E-state index contributed by atoms with van der Waals surface area (Å²) in [4.78, 5) is 2.73. The number of hydrogen-bond acceptors (Lipinski definition) is 1. The van der Waals surface area contributed by atoms with Crippen molar-refractivity contribution in [2.45, 2.75) is 52.0 Å². The number of aromatic nitrogens is 1. The van der Waals surface area contributed by atoms with E-state index < -0.39 is 0 Å². The van der Waals surface area contributed by atoms with Crippen LogP contribution in [0.3, 0.4) is 0 Å². The number of nitrogens with zero attached hydrogens (tertiary/aromatic N) is 2. The largest absolute Gasteiger partial charge is 0.351 e. The molecule has 1 aliphatic rings. The molecule has 0 bridgehead atoms. The van der Waals surface area contributed by atoms with Gasteiger partial charge in [-0.3, -0.25) is 0 Å². The van der Waals surface area contributed by atoms with E-state index in [4.69, 9.17) is 0 Å². The molecule has 1 atom stereocenters.